The minimum atomic E-state index is -4.53. The number of alkyl halides is 3. The molecule has 8 heteroatoms. The van der Waals surface area contributed by atoms with Gasteiger partial charge in [0.05, 0.1) is 22.0 Å². The van der Waals surface area contributed by atoms with E-state index in [0.29, 0.717) is 29.2 Å². The Kier molecular flexibility index (Phi) is 4.35. The third-order valence-corrected chi connectivity index (χ3v) is 5.16. The van der Waals surface area contributed by atoms with Crippen LogP contribution in [-0.2, 0) is 12.6 Å². The van der Waals surface area contributed by atoms with E-state index in [0.717, 1.165) is 28.7 Å². The number of fused-ring (bicyclic) bond motifs is 1. The molecule has 3 aromatic rings. The number of hydrogen-bond donors (Lipinski definition) is 1. The minimum absolute atomic E-state index is 0.328. The van der Waals surface area contributed by atoms with Crippen LogP contribution in [0.4, 0.5) is 19.0 Å². The van der Waals surface area contributed by atoms with Gasteiger partial charge in [-0.1, -0.05) is 35.3 Å². The zero-order chi connectivity index (χ0) is 19.3. The van der Waals surface area contributed by atoms with Gasteiger partial charge in [0.1, 0.15) is 5.82 Å². The molecule has 140 valence electrons. The van der Waals surface area contributed by atoms with Crippen LogP contribution in [0.2, 0.25) is 10.0 Å². The van der Waals surface area contributed by atoms with Crippen LogP contribution in [0.15, 0.2) is 36.4 Å². The average molecular weight is 412 g/mol. The SMILES string of the molecule is Cc1ccc(Cl)cc1-n1nc(-c2ccc(Cl)c(C(F)(F)F)c2)c2c1NCC2. The van der Waals surface area contributed by atoms with Crippen molar-refractivity contribution in [2.24, 2.45) is 0 Å². The fourth-order valence-electron chi connectivity index (χ4n) is 3.28. The van der Waals surface area contributed by atoms with Crippen molar-refractivity contribution in [2.75, 3.05) is 11.9 Å². The van der Waals surface area contributed by atoms with Gasteiger partial charge < -0.3 is 5.32 Å². The van der Waals surface area contributed by atoms with Gasteiger partial charge in [-0.05, 0) is 43.2 Å². The maximum atomic E-state index is 13.2. The van der Waals surface area contributed by atoms with Crippen LogP contribution in [0.1, 0.15) is 16.7 Å². The molecule has 1 aliphatic heterocycles. The van der Waals surface area contributed by atoms with E-state index in [-0.39, 0.29) is 5.02 Å². The summed E-state index contributed by atoms with van der Waals surface area (Å²) in [5, 5.41) is 8.11. The maximum absolute atomic E-state index is 13.2. The highest BCUT2D eigenvalue weighted by molar-refractivity contribution is 6.31. The summed E-state index contributed by atoms with van der Waals surface area (Å²) < 4.78 is 41.5. The van der Waals surface area contributed by atoms with Gasteiger partial charge in [-0.3, -0.25) is 0 Å². The Balaban J connectivity index is 1.91. The lowest BCUT2D eigenvalue weighted by atomic mass is 10.0. The van der Waals surface area contributed by atoms with Crippen molar-refractivity contribution in [3.05, 3.63) is 63.1 Å². The molecule has 0 spiro atoms. The third kappa shape index (κ3) is 3.17. The zero-order valence-electron chi connectivity index (χ0n) is 14.2. The van der Waals surface area contributed by atoms with Gasteiger partial charge in [-0.2, -0.15) is 18.3 Å². The van der Waals surface area contributed by atoms with E-state index in [1.165, 1.54) is 6.07 Å². The second-order valence-corrected chi connectivity index (χ2v) is 7.23. The van der Waals surface area contributed by atoms with E-state index < -0.39 is 11.7 Å². The number of nitrogens with zero attached hydrogens (tertiary/aromatic N) is 2. The van der Waals surface area contributed by atoms with Crippen LogP contribution in [0.3, 0.4) is 0 Å². The van der Waals surface area contributed by atoms with Crippen LogP contribution in [0.5, 0.6) is 0 Å². The number of rotatable bonds is 2. The first kappa shape index (κ1) is 18.2. The van der Waals surface area contributed by atoms with E-state index in [1.54, 1.807) is 22.9 Å². The van der Waals surface area contributed by atoms with Crippen molar-refractivity contribution in [2.45, 2.75) is 19.5 Å². The van der Waals surface area contributed by atoms with Crippen molar-refractivity contribution in [3.8, 4) is 16.9 Å². The average Bonchev–Trinajstić information content (AvgIpc) is 3.19. The van der Waals surface area contributed by atoms with Gasteiger partial charge >= 0.3 is 6.18 Å². The van der Waals surface area contributed by atoms with Gasteiger partial charge in [0, 0.05) is 22.7 Å². The molecule has 3 nitrogen and oxygen atoms in total. The quantitative estimate of drug-likeness (QED) is 0.548. The van der Waals surface area contributed by atoms with Crippen LogP contribution in [0.25, 0.3) is 16.9 Å². The van der Waals surface area contributed by atoms with E-state index >= 15 is 0 Å². The second-order valence-electron chi connectivity index (χ2n) is 6.39. The maximum Gasteiger partial charge on any atom is 0.417 e. The van der Waals surface area contributed by atoms with Crippen LogP contribution in [-0.4, -0.2) is 16.3 Å². The molecule has 0 atom stereocenters. The van der Waals surface area contributed by atoms with Crippen LogP contribution in [0, 0.1) is 6.92 Å². The standard InChI is InChI=1S/C19H14Cl2F3N3/c1-10-2-4-12(20)9-16(10)27-18-13(6-7-25-18)17(26-27)11-3-5-15(21)14(8-11)19(22,23)24/h2-5,8-9,25H,6-7H2,1H3. The highest BCUT2D eigenvalue weighted by Gasteiger charge is 2.34. The number of halogens is 5. The monoisotopic (exact) mass is 411 g/mol. The van der Waals surface area contributed by atoms with Crippen molar-refractivity contribution >= 4 is 29.0 Å². The molecule has 0 amide bonds. The molecule has 0 fully saturated rings. The Labute approximate surface area is 163 Å². The van der Waals surface area contributed by atoms with Crippen molar-refractivity contribution in [1.29, 1.82) is 0 Å². The molecular formula is C19H14Cl2F3N3. The molecule has 1 aromatic heterocycles. The number of aryl methyl sites for hydroxylation is 1. The summed E-state index contributed by atoms with van der Waals surface area (Å²) in [4.78, 5) is 0. The first-order valence-electron chi connectivity index (χ1n) is 8.25. The molecule has 0 saturated heterocycles. The fraction of sp³-hybridized carbons (Fsp3) is 0.211. The summed E-state index contributed by atoms with van der Waals surface area (Å²) in [6.07, 6.45) is -3.85. The predicted octanol–water partition coefficient (Wildman–Crippen LogP) is 6.14. The second kappa shape index (κ2) is 6.46. The van der Waals surface area contributed by atoms with E-state index in [4.69, 9.17) is 23.2 Å². The highest BCUT2D eigenvalue weighted by atomic mass is 35.5. The van der Waals surface area contributed by atoms with Crippen molar-refractivity contribution in [3.63, 3.8) is 0 Å². The Morgan fingerprint density at radius 2 is 1.89 bits per heavy atom. The summed E-state index contributed by atoms with van der Waals surface area (Å²) in [5.41, 5.74) is 2.64. The van der Waals surface area contributed by atoms with Gasteiger partial charge in [-0.25, -0.2) is 4.68 Å². The highest BCUT2D eigenvalue weighted by Crippen LogP contribution is 2.40. The summed E-state index contributed by atoms with van der Waals surface area (Å²) in [6, 6.07) is 9.33. The molecule has 27 heavy (non-hydrogen) atoms. The smallest absolute Gasteiger partial charge is 0.369 e. The molecule has 0 radical (unpaired) electrons. The Morgan fingerprint density at radius 1 is 1.11 bits per heavy atom. The Bertz CT molecular complexity index is 1040. The number of benzene rings is 2. The van der Waals surface area contributed by atoms with Gasteiger partial charge in [0.25, 0.3) is 0 Å². The molecule has 2 heterocycles. The fourth-order valence-corrected chi connectivity index (χ4v) is 3.67. The lowest BCUT2D eigenvalue weighted by molar-refractivity contribution is -0.137. The topological polar surface area (TPSA) is 29.9 Å². The lowest BCUT2D eigenvalue weighted by Gasteiger charge is -2.11. The number of hydrogen-bond acceptors (Lipinski definition) is 2. The summed E-state index contributed by atoms with van der Waals surface area (Å²) in [5.74, 6) is 0.777. The Morgan fingerprint density at radius 3 is 2.63 bits per heavy atom. The van der Waals surface area contributed by atoms with E-state index in [1.807, 2.05) is 13.0 Å². The van der Waals surface area contributed by atoms with Crippen molar-refractivity contribution < 1.29 is 13.2 Å². The van der Waals surface area contributed by atoms with Crippen LogP contribution >= 0.6 is 23.2 Å². The molecule has 0 bridgehead atoms. The molecule has 0 unspecified atom stereocenters. The Hall–Kier alpha value is -2.18. The van der Waals surface area contributed by atoms with Crippen molar-refractivity contribution in [1.82, 2.24) is 9.78 Å². The third-order valence-electron chi connectivity index (χ3n) is 4.60. The summed E-state index contributed by atoms with van der Waals surface area (Å²) >= 11 is 11.9. The number of aromatic nitrogens is 2. The minimum Gasteiger partial charge on any atom is -0.369 e. The molecule has 4 rings (SSSR count). The van der Waals surface area contributed by atoms with Gasteiger partial charge in [0.15, 0.2) is 0 Å². The van der Waals surface area contributed by atoms with E-state index in [2.05, 4.69) is 10.4 Å². The normalized spacial score (nSPS) is 13.6. The van der Waals surface area contributed by atoms with Gasteiger partial charge in [0.2, 0.25) is 0 Å². The zero-order valence-corrected chi connectivity index (χ0v) is 15.7. The largest absolute Gasteiger partial charge is 0.417 e. The molecule has 0 aliphatic carbocycles. The molecule has 0 saturated carbocycles. The predicted molar refractivity (Wildman–Crippen MR) is 101 cm³/mol. The van der Waals surface area contributed by atoms with Crippen LogP contribution < -0.4 is 5.32 Å². The first-order chi connectivity index (χ1) is 12.8. The molecular weight excluding hydrogens is 398 g/mol. The number of anilines is 1. The van der Waals surface area contributed by atoms with E-state index in [9.17, 15) is 13.2 Å². The summed E-state index contributed by atoms with van der Waals surface area (Å²) in [6.45, 7) is 2.62. The molecule has 1 N–H and O–H groups in total. The summed E-state index contributed by atoms with van der Waals surface area (Å²) in [7, 11) is 0. The first-order valence-corrected chi connectivity index (χ1v) is 9.00. The molecule has 2 aromatic carbocycles. The lowest BCUT2D eigenvalue weighted by Crippen LogP contribution is -2.07. The van der Waals surface area contributed by atoms with Gasteiger partial charge in [-0.15, -0.1) is 0 Å². The molecule has 1 aliphatic rings. The number of nitrogens with one attached hydrogen (secondary N) is 1.